The second-order valence-electron chi connectivity index (χ2n) is 5.56. The van der Waals surface area contributed by atoms with Crippen molar-refractivity contribution >= 4 is 0 Å². The molecule has 0 radical (unpaired) electrons. The van der Waals surface area contributed by atoms with E-state index in [0.717, 1.165) is 19.7 Å². The predicted octanol–water partition coefficient (Wildman–Crippen LogP) is 2.68. The molecule has 0 spiro atoms. The van der Waals surface area contributed by atoms with Crippen LogP contribution in [-0.2, 0) is 4.74 Å². The maximum Gasteiger partial charge on any atom is 0.0589 e. The summed E-state index contributed by atoms with van der Waals surface area (Å²) in [6.45, 7) is 9.40. The van der Waals surface area contributed by atoms with Crippen molar-refractivity contribution in [2.75, 3.05) is 26.8 Å². The molecule has 0 aliphatic heterocycles. The summed E-state index contributed by atoms with van der Waals surface area (Å²) in [4.78, 5) is 2.42. The van der Waals surface area contributed by atoms with Crippen molar-refractivity contribution in [1.29, 1.82) is 0 Å². The van der Waals surface area contributed by atoms with Crippen LogP contribution in [0.25, 0.3) is 0 Å². The van der Waals surface area contributed by atoms with Crippen LogP contribution < -0.4 is 5.73 Å². The van der Waals surface area contributed by atoms with Crippen LogP contribution in [0.5, 0.6) is 0 Å². The van der Waals surface area contributed by atoms with Gasteiger partial charge < -0.3 is 10.5 Å². The Morgan fingerprint density at radius 1 is 1.16 bits per heavy atom. The average Bonchev–Trinajstić information content (AvgIpc) is 2.42. The molecule has 2 N–H and O–H groups in total. The first-order chi connectivity index (χ1) is 9.06. The summed E-state index contributed by atoms with van der Waals surface area (Å²) in [5.41, 5.74) is 7.60. The van der Waals surface area contributed by atoms with Crippen molar-refractivity contribution in [1.82, 2.24) is 4.90 Å². The van der Waals surface area contributed by atoms with Crippen LogP contribution in [0, 0.1) is 5.92 Å². The van der Waals surface area contributed by atoms with Crippen molar-refractivity contribution in [2.24, 2.45) is 11.7 Å². The van der Waals surface area contributed by atoms with Gasteiger partial charge in [-0.25, -0.2) is 0 Å². The van der Waals surface area contributed by atoms with Crippen LogP contribution in [0.1, 0.15) is 32.4 Å². The highest BCUT2D eigenvalue weighted by atomic mass is 16.5. The summed E-state index contributed by atoms with van der Waals surface area (Å²) in [7, 11) is 1.75. The van der Waals surface area contributed by atoms with Crippen LogP contribution in [0.3, 0.4) is 0 Å². The Bertz CT molecular complexity index is 340. The number of methoxy groups -OCH3 is 1. The summed E-state index contributed by atoms with van der Waals surface area (Å²) >= 11 is 0. The minimum atomic E-state index is 0.0387. The fourth-order valence-corrected chi connectivity index (χ4v) is 2.32. The van der Waals surface area contributed by atoms with Gasteiger partial charge in [0.05, 0.1) is 6.61 Å². The molecule has 0 aliphatic rings. The fraction of sp³-hybridized carbons (Fsp3) is 0.625. The number of benzene rings is 1. The summed E-state index contributed by atoms with van der Waals surface area (Å²) in [5, 5.41) is 0. The fourth-order valence-electron chi connectivity index (χ4n) is 2.32. The van der Waals surface area contributed by atoms with Crippen molar-refractivity contribution in [3.63, 3.8) is 0 Å². The van der Waals surface area contributed by atoms with E-state index in [-0.39, 0.29) is 6.04 Å². The Kier molecular flexibility index (Phi) is 7.06. The molecule has 2 unspecified atom stereocenters. The molecule has 0 saturated heterocycles. The lowest BCUT2D eigenvalue weighted by atomic mass is 9.99. The molecule has 2 atom stereocenters. The summed E-state index contributed by atoms with van der Waals surface area (Å²) in [6, 6.07) is 10.7. The van der Waals surface area contributed by atoms with Gasteiger partial charge in [0, 0.05) is 32.3 Å². The second kappa shape index (κ2) is 8.31. The van der Waals surface area contributed by atoms with E-state index in [1.807, 2.05) is 18.2 Å². The zero-order valence-electron chi connectivity index (χ0n) is 12.7. The van der Waals surface area contributed by atoms with Gasteiger partial charge >= 0.3 is 0 Å². The molecule has 0 aromatic heterocycles. The van der Waals surface area contributed by atoms with Crippen LogP contribution in [0.15, 0.2) is 30.3 Å². The lowest BCUT2D eigenvalue weighted by Crippen LogP contribution is -2.44. The van der Waals surface area contributed by atoms with E-state index in [4.69, 9.17) is 10.5 Å². The molecule has 19 heavy (non-hydrogen) atoms. The zero-order valence-corrected chi connectivity index (χ0v) is 12.7. The Morgan fingerprint density at radius 2 is 1.79 bits per heavy atom. The normalized spacial score (nSPS) is 14.9. The van der Waals surface area contributed by atoms with Gasteiger partial charge in [-0.2, -0.15) is 0 Å². The maximum absolute atomic E-state index is 6.40. The van der Waals surface area contributed by atoms with Gasteiger partial charge in [0.15, 0.2) is 0 Å². The average molecular weight is 264 g/mol. The third kappa shape index (κ3) is 5.31. The molecule has 1 rings (SSSR count). The smallest absolute Gasteiger partial charge is 0.0589 e. The first kappa shape index (κ1) is 16.2. The quantitative estimate of drug-likeness (QED) is 0.784. The maximum atomic E-state index is 6.40. The van der Waals surface area contributed by atoms with E-state index in [1.54, 1.807) is 7.11 Å². The summed E-state index contributed by atoms with van der Waals surface area (Å²) < 4.78 is 5.21. The third-order valence-electron chi connectivity index (χ3n) is 3.46. The van der Waals surface area contributed by atoms with Crippen molar-refractivity contribution in [3.8, 4) is 0 Å². The number of rotatable bonds is 8. The molecule has 0 heterocycles. The molecule has 108 valence electrons. The molecule has 3 heteroatoms. The molecular weight excluding hydrogens is 236 g/mol. The van der Waals surface area contributed by atoms with Crippen LogP contribution >= 0.6 is 0 Å². The van der Waals surface area contributed by atoms with E-state index in [0.29, 0.717) is 12.0 Å². The van der Waals surface area contributed by atoms with Gasteiger partial charge in [-0.1, -0.05) is 44.2 Å². The van der Waals surface area contributed by atoms with Crippen molar-refractivity contribution in [2.45, 2.75) is 32.9 Å². The van der Waals surface area contributed by atoms with E-state index in [1.165, 1.54) is 5.56 Å². The van der Waals surface area contributed by atoms with E-state index >= 15 is 0 Å². The number of nitrogens with zero attached hydrogens (tertiary/aromatic N) is 1. The highest BCUT2D eigenvalue weighted by molar-refractivity contribution is 5.19. The number of hydrogen-bond donors (Lipinski definition) is 1. The first-order valence-electron chi connectivity index (χ1n) is 7.09. The van der Waals surface area contributed by atoms with Gasteiger partial charge in [0.2, 0.25) is 0 Å². The third-order valence-corrected chi connectivity index (χ3v) is 3.46. The molecule has 0 fully saturated rings. The van der Waals surface area contributed by atoms with Crippen LogP contribution in [-0.4, -0.2) is 37.7 Å². The molecule has 0 bridgehead atoms. The second-order valence-corrected chi connectivity index (χ2v) is 5.56. The molecule has 0 amide bonds. The standard InChI is InChI=1S/C16H28N2O/c1-13(2)12-18(10-11-19-4)14(3)16(17)15-8-6-5-7-9-15/h5-9,13-14,16H,10-12,17H2,1-4H3. The molecule has 0 aliphatic carbocycles. The SMILES string of the molecule is COCCN(CC(C)C)C(C)C(N)c1ccccc1. The predicted molar refractivity (Wildman–Crippen MR) is 81.1 cm³/mol. The Labute approximate surface area is 117 Å². The number of ether oxygens (including phenoxy) is 1. The lowest BCUT2D eigenvalue weighted by Gasteiger charge is -2.34. The monoisotopic (exact) mass is 264 g/mol. The van der Waals surface area contributed by atoms with Gasteiger partial charge in [-0.15, -0.1) is 0 Å². The van der Waals surface area contributed by atoms with E-state index in [9.17, 15) is 0 Å². The van der Waals surface area contributed by atoms with E-state index < -0.39 is 0 Å². The highest BCUT2D eigenvalue weighted by Gasteiger charge is 2.22. The number of nitrogens with two attached hydrogens (primary N) is 1. The Morgan fingerprint density at radius 3 is 2.32 bits per heavy atom. The van der Waals surface area contributed by atoms with Crippen molar-refractivity contribution in [3.05, 3.63) is 35.9 Å². The van der Waals surface area contributed by atoms with Gasteiger partial charge in [-0.05, 0) is 18.4 Å². The minimum absolute atomic E-state index is 0.0387. The van der Waals surface area contributed by atoms with Crippen LogP contribution in [0.2, 0.25) is 0 Å². The van der Waals surface area contributed by atoms with Gasteiger partial charge in [-0.3, -0.25) is 4.90 Å². The van der Waals surface area contributed by atoms with E-state index in [2.05, 4.69) is 37.8 Å². The molecule has 1 aromatic carbocycles. The number of hydrogen-bond acceptors (Lipinski definition) is 3. The Balaban J connectivity index is 2.71. The van der Waals surface area contributed by atoms with Crippen molar-refractivity contribution < 1.29 is 4.74 Å². The molecule has 3 nitrogen and oxygen atoms in total. The van der Waals surface area contributed by atoms with Crippen LogP contribution in [0.4, 0.5) is 0 Å². The molecule has 1 aromatic rings. The highest BCUT2D eigenvalue weighted by Crippen LogP contribution is 2.19. The molecule has 0 saturated carbocycles. The van der Waals surface area contributed by atoms with Gasteiger partial charge in [0.25, 0.3) is 0 Å². The molecular formula is C16H28N2O. The summed E-state index contributed by atoms with van der Waals surface area (Å²) in [5.74, 6) is 0.627. The largest absolute Gasteiger partial charge is 0.383 e. The minimum Gasteiger partial charge on any atom is -0.383 e. The summed E-state index contributed by atoms with van der Waals surface area (Å²) in [6.07, 6.45) is 0. The topological polar surface area (TPSA) is 38.5 Å². The first-order valence-corrected chi connectivity index (χ1v) is 7.09. The zero-order chi connectivity index (χ0) is 14.3. The van der Waals surface area contributed by atoms with Gasteiger partial charge in [0.1, 0.15) is 0 Å². The lowest BCUT2D eigenvalue weighted by molar-refractivity contribution is 0.105. The Hall–Kier alpha value is -0.900.